The van der Waals surface area contributed by atoms with Gasteiger partial charge in [0.2, 0.25) is 0 Å². The molecule has 0 aliphatic heterocycles. The van der Waals surface area contributed by atoms with E-state index >= 15 is 0 Å². The number of hydrogen-bond acceptors (Lipinski definition) is 0. The Bertz CT molecular complexity index is 2350. The second-order valence-electron chi connectivity index (χ2n) is 12.3. The molecule has 0 heteroatoms. The van der Waals surface area contributed by atoms with Crippen LogP contribution >= 0.6 is 0 Å². The summed E-state index contributed by atoms with van der Waals surface area (Å²) in [5.74, 6) is 0.372. The van der Waals surface area contributed by atoms with Crippen molar-refractivity contribution in [2.75, 3.05) is 0 Å². The Balaban J connectivity index is 1.22. The summed E-state index contributed by atoms with van der Waals surface area (Å²) >= 11 is 0. The van der Waals surface area contributed by atoms with E-state index in [1.807, 2.05) is 0 Å². The molecule has 0 bridgehead atoms. The second kappa shape index (κ2) is 10.3. The normalized spacial score (nSPS) is 13.8. The van der Waals surface area contributed by atoms with Crippen molar-refractivity contribution in [3.63, 3.8) is 0 Å². The highest BCUT2D eigenvalue weighted by atomic mass is 14.3. The van der Waals surface area contributed by atoms with Crippen molar-refractivity contribution in [1.29, 1.82) is 0 Å². The van der Waals surface area contributed by atoms with Crippen LogP contribution in [0.3, 0.4) is 0 Å². The fraction of sp³-hybridized carbons (Fsp3) is 0.0667. The standard InChI is InChI=1S/C45H32/c1-2-35-42-27-33(32-21-20-29-12-6-7-15-31(29)26-32)22-24-36(42)37-25-23-34(28-43(35)37)45-40-18-10-8-16-38(40)44(30-13-4-3-5-14-30)39-17-9-11-19-41(39)45/h3-28,35H,2H2,1H3. The van der Waals surface area contributed by atoms with E-state index in [1.165, 1.54) is 88.0 Å². The molecule has 0 saturated heterocycles. The summed E-state index contributed by atoms with van der Waals surface area (Å²) in [6.45, 7) is 2.33. The molecule has 9 rings (SSSR count). The molecule has 0 aromatic heterocycles. The van der Waals surface area contributed by atoms with Gasteiger partial charge in [-0.25, -0.2) is 0 Å². The first-order chi connectivity index (χ1) is 22.3. The predicted molar refractivity (Wildman–Crippen MR) is 193 cm³/mol. The third-order valence-corrected chi connectivity index (χ3v) is 9.92. The number of rotatable bonds is 4. The van der Waals surface area contributed by atoms with Gasteiger partial charge >= 0.3 is 0 Å². The third kappa shape index (κ3) is 4.06. The lowest BCUT2D eigenvalue weighted by Crippen LogP contribution is -1.96. The van der Waals surface area contributed by atoms with E-state index in [0.29, 0.717) is 5.92 Å². The summed E-state index contributed by atoms with van der Waals surface area (Å²) in [5, 5.41) is 7.77. The van der Waals surface area contributed by atoms with Crippen LogP contribution < -0.4 is 0 Å². The minimum Gasteiger partial charge on any atom is -0.0645 e. The Labute approximate surface area is 264 Å². The van der Waals surface area contributed by atoms with Gasteiger partial charge in [0.05, 0.1) is 0 Å². The van der Waals surface area contributed by atoms with Gasteiger partial charge in [-0.1, -0.05) is 146 Å². The Kier molecular flexibility index (Phi) is 5.96. The minimum absolute atomic E-state index is 0.372. The highest BCUT2D eigenvalue weighted by Gasteiger charge is 2.29. The first kappa shape index (κ1) is 26.0. The lowest BCUT2D eigenvalue weighted by atomic mass is 9.84. The van der Waals surface area contributed by atoms with Crippen LogP contribution in [0.4, 0.5) is 0 Å². The van der Waals surface area contributed by atoms with E-state index in [2.05, 4.69) is 165 Å². The highest BCUT2D eigenvalue weighted by molar-refractivity contribution is 6.21. The number of benzene rings is 8. The lowest BCUT2D eigenvalue weighted by molar-refractivity contribution is 0.798. The zero-order valence-corrected chi connectivity index (χ0v) is 25.3. The average Bonchev–Trinajstić information content (AvgIpc) is 3.42. The lowest BCUT2D eigenvalue weighted by Gasteiger charge is -2.19. The smallest absolute Gasteiger partial charge is 0.00994 e. The first-order valence-corrected chi connectivity index (χ1v) is 16.0. The van der Waals surface area contributed by atoms with E-state index < -0.39 is 0 Å². The molecule has 0 N–H and O–H groups in total. The highest BCUT2D eigenvalue weighted by Crippen LogP contribution is 2.50. The molecule has 0 nitrogen and oxygen atoms in total. The van der Waals surface area contributed by atoms with Gasteiger partial charge in [-0.05, 0) is 113 Å². The van der Waals surface area contributed by atoms with E-state index in [1.54, 1.807) is 0 Å². The molecule has 0 heterocycles. The van der Waals surface area contributed by atoms with Crippen molar-refractivity contribution in [1.82, 2.24) is 0 Å². The monoisotopic (exact) mass is 572 g/mol. The van der Waals surface area contributed by atoms with Crippen LogP contribution in [0.25, 0.3) is 76.8 Å². The summed E-state index contributed by atoms with van der Waals surface area (Å²) < 4.78 is 0. The van der Waals surface area contributed by atoms with Crippen LogP contribution in [0.2, 0.25) is 0 Å². The average molecular weight is 573 g/mol. The Morgan fingerprint density at radius 2 is 0.844 bits per heavy atom. The predicted octanol–water partition coefficient (Wildman–Crippen LogP) is 12.7. The maximum Gasteiger partial charge on any atom is 0.00994 e. The van der Waals surface area contributed by atoms with Crippen LogP contribution in [0.15, 0.2) is 158 Å². The molecule has 45 heavy (non-hydrogen) atoms. The molecule has 8 aromatic rings. The van der Waals surface area contributed by atoms with Crippen LogP contribution in [0.1, 0.15) is 30.4 Å². The molecule has 1 aliphatic carbocycles. The third-order valence-electron chi connectivity index (χ3n) is 9.92. The molecular weight excluding hydrogens is 540 g/mol. The van der Waals surface area contributed by atoms with E-state index in [-0.39, 0.29) is 0 Å². The summed E-state index contributed by atoms with van der Waals surface area (Å²) in [4.78, 5) is 0. The maximum atomic E-state index is 2.50. The fourth-order valence-electron chi connectivity index (χ4n) is 7.86. The zero-order valence-electron chi connectivity index (χ0n) is 25.3. The molecular formula is C45H32. The summed E-state index contributed by atoms with van der Waals surface area (Å²) in [7, 11) is 0. The Morgan fingerprint density at radius 3 is 1.47 bits per heavy atom. The van der Waals surface area contributed by atoms with Crippen molar-refractivity contribution >= 4 is 32.3 Å². The van der Waals surface area contributed by atoms with Gasteiger partial charge in [-0.2, -0.15) is 0 Å². The topological polar surface area (TPSA) is 0 Å². The second-order valence-corrected chi connectivity index (χ2v) is 12.3. The Morgan fingerprint density at radius 1 is 0.378 bits per heavy atom. The van der Waals surface area contributed by atoms with Crippen molar-refractivity contribution in [3.05, 3.63) is 169 Å². The van der Waals surface area contributed by atoms with E-state index in [9.17, 15) is 0 Å². The van der Waals surface area contributed by atoms with Gasteiger partial charge < -0.3 is 0 Å². The van der Waals surface area contributed by atoms with Crippen LogP contribution in [-0.4, -0.2) is 0 Å². The largest absolute Gasteiger partial charge is 0.0645 e. The molecule has 1 unspecified atom stereocenters. The van der Waals surface area contributed by atoms with Gasteiger partial charge in [0.15, 0.2) is 0 Å². The quantitative estimate of drug-likeness (QED) is 0.184. The summed E-state index contributed by atoms with van der Waals surface area (Å²) in [6.07, 6.45) is 1.07. The minimum atomic E-state index is 0.372. The summed E-state index contributed by atoms with van der Waals surface area (Å²) in [6, 6.07) is 58.6. The van der Waals surface area contributed by atoms with Gasteiger partial charge in [-0.3, -0.25) is 0 Å². The van der Waals surface area contributed by atoms with Crippen molar-refractivity contribution in [2.45, 2.75) is 19.3 Å². The van der Waals surface area contributed by atoms with E-state index in [4.69, 9.17) is 0 Å². The molecule has 0 saturated carbocycles. The molecule has 0 radical (unpaired) electrons. The van der Waals surface area contributed by atoms with Crippen molar-refractivity contribution in [2.24, 2.45) is 0 Å². The van der Waals surface area contributed by atoms with Crippen molar-refractivity contribution < 1.29 is 0 Å². The molecule has 0 fully saturated rings. The number of fused-ring (bicyclic) bond motifs is 6. The van der Waals surface area contributed by atoms with Gasteiger partial charge in [0.1, 0.15) is 0 Å². The molecule has 1 aliphatic rings. The maximum absolute atomic E-state index is 2.50. The van der Waals surface area contributed by atoms with Gasteiger partial charge in [-0.15, -0.1) is 0 Å². The molecule has 212 valence electrons. The van der Waals surface area contributed by atoms with Crippen molar-refractivity contribution in [3.8, 4) is 44.5 Å². The summed E-state index contributed by atoms with van der Waals surface area (Å²) in [5.41, 5.74) is 13.4. The van der Waals surface area contributed by atoms with E-state index in [0.717, 1.165) is 6.42 Å². The van der Waals surface area contributed by atoms with Crippen LogP contribution in [0, 0.1) is 0 Å². The van der Waals surface area contributed by atoms with Crippen LogP contribution in [0.5, 0.6) is 0 Å². The molecule has 1 atom stereocenters. The van der Waals surface area contributed by atoms with Gasteiger partial charge in [0, 0.05) is 5.92 Å². The van der Waals surface area contributed by atoms with Crippen LogP contribution in [-0.2, 0) is 0 Å². The number of hydrogen-bond donors (Lipinski definition) is 0. The zero-order chi connectivity index (χ0) is 29.9. The molecule has 0 spiro atoms. The first-order valence-electron chi connectivity index (χ1n) is 16.0. The SMILES string of the molecule is CCC1c2cc(-c3ccc4ccccc4c3)ccc2-c2ccc(-c3c4ccccc4c(-c4ccccc4)c4ccccc34)cc21. The Hall–Kier alpha value is -5.46. The fourth-order valence-corrected chi connectivity index (χ4v) is 7.86. The molecule has 8 aromatic carbocycles. The van der Waals surface area contributed by atoms with Gasteiger partial charge in [0.25, 0.3) is 0 Å². The molecule has 0 amide bonds.